The highest BCUT2D eigenvalue weighted by Gasteiger charge is 2.53. The van der Waals surface area contributed by atoms with E-state index in [0.29, 0.717) is 16.3 Å². The van der Waals surface area contributed by atoms with E-state index in [1.54, 1.807) is 12.1 Å². The summed E-state index contributed by atoms with van der Waals surface area (Å²) in [5, 5.41) is 2.60. The molecule has 0 bridgehead atoms. The lowest BCUT2D eigenvalue weighted by Crippen LogP contribution is -2.52. The third-order valence-corrected chi connectivity index (χ3v) is 3.92. The summed E-state index contributed by atoms with van der Waals surface area (Å²) in [4.78, 5) is 50.0. The lowest BCUT2D eigenvalue weighted by molar-refractivity contribution is -0.142. The number of nitrogens with zero attached hydrogens (tertiary/aromatic N) is 1. The molecule has 0 spiro atoms. The number of nitrogens with one attached hydrogen (secondary N) is 1. The second-order valence-electron chi connectivity index (χ2n) is 7.22. The molecule has 8 nitrogen and oxygen atoms in total. The zero-order valence-electron chi connectivity index (χ0n) is 16.3. The highest BCUT2D eigenvalue weighted by atomic mass is 16.6. The molecule has 27 heavy (non-hydrogen) atoms. The van der Waals surface area contributed by atoms with Crippen molar-refractivity contribution < 1.29 is 28.7 Å². The third-order valence-electron chi connectivity index (χ3n) is 3.92. The number of aryl methyl sites for hydroxylation is 1. The zero-order valence-corrected chi connectivity index (χ0v) is 16.3. The number of benzene rings is 1. The van der Waals surface area contributed by atoms with Crippen LogP contribution in [0.2, 0.25) is 0 Å². The SMILES string of the molecule is CC(=O)C(C(=O)Nc1cc(C)ccc1OC(C)C)N1C(=O)OC(C)(C)C1=O. The fourth-order valence-corrected chi connectivity index (χ4v) is 2.69. The summed E-state index contributed by atoms with van der Waals surface area (Å²) in [5.74, 6) is -1.80. The van der Waals surface area contributed by atoms with Gasteiger partial charge < -0.3 is 14.8 Å². The molecule has 3 amide bonds. The van der Waals surface area contributed by atoms with Gasteiger partial charge in [0.2, 0.25) is 0 Å². The van der Waals surface area contributed by atoms with Gasteiger partial charge in [0.1, 0.15) is 5.75 Å². The lowest BCUT2D eigenvalue weighted by atomic mass is 10.1. The summed E-state index contributed by atoms with van der Waals surface area (Å²) in [5.41, 5.74) is -0.224. The Kier molecular flexibility index (Phi) is 5.58. The van der Waals surface area contributed by atoms with Crippen molar-refractivity contribution in [2.45, 2.75) is 59.3 Å². The van der Waals surface area contributed by atoms with Crippen LogP contribution in [0.1, 0.15) is 40.2 Å². The summed E-state index contributed by atoms with van der Waals surface area (Å²) in [6.45, 7) is 9.45. The minimum absolute atomic E-state index is 0.136. The first-order valence-corrected chi connectivity index (χ1v) is 8.59. The molecule has 0 aliphatic carbocycles. The number of carbonyl (C=O) groups excluding carboxylic acids is 4. The van der Waals surface area contributed by atoms with Crippen molar-refractivity contribution in [2.75, 3.05) is 5.32 Å². The average Bonchev–Trinajstić information content (AvgIpc) is 2.71. The largest absolute Gasteiger partial charge is 0.489 e. The molecule has 1 fully saturated rings. The molecule has 1 heterocycles. The standard InChI is InChI=1S/C19H24N2O6/c1-10(2)26-14-8-7-11(3)9-13(14)20-16(23)15(12(4)22)21-17(24)19(5,6)27-18(21)25/h7-10,15H,1-6H3,(H,20,23). The Morgan fingerprint density at radius 2 is 1.85 bits per heavy atom. The van der Waals surface area contributed by atoms with Crippen molar-refractivity contribution in [1.29, 1.82) is 0 Å². The van der Waals surface area contributed by atoms with Crippen molar-refractivity contribution in [3.63, 3.8) is 0 Å². The fourth-order valence-electron chi connectivity index (χ4n) is 2.69. The van der Waals surface area contributed by atoms with Gasteiger partial charge in [-0.2, -0.15) is 0 Å². The van der Waals surface area contributed by atoms with Crippen molar-refractivity contribution in [1.82, 2.24) is 4.90 Å². The second-order valence-corrected chi connectivity index (χ2v) is 7.22. The van der Waals surface area contributed by atoms with Gasteiger partial charge in [0.25, 0.3) is 11.8 Å². The summed E-state index contributed by atoms with van der Waals surface area (Å²) in [6.07, 6.45) is -1.16. The molecule has 0 saturated carbocycles. The molecule has 1 unspecified atom stereocenters. The molecule has 1 aliphatic rings. The van der Waals surface area contributed by atoms with Crippen LogP contribution in [0.15, 0.2) is 18.2 Å². The molecule has 1 N–H and O–H groups in total. The van der Waals surface area contributed by atoms with Gasteiger partial charge in [-0.15, -0.1) is 0 Å². The van der Waals surface area contributed by atoms with Crippen molar-refractivity contribution in [2.24, 2.45) is 0 Å². The quantitative estimate of drug-likeness (QED) is 0.765. The Morgan fingerprint density at radius 1 is 1.22 bits per heavy atom. The van der Waals surface area contributed by atoms with E-state index >= 15 is 0 Å². The van der Waals surface area contributed by atoms with E-state index in [9.17, 15) is 19.2 Å². The number of hydrogen-bond donors (Lipinski definition) is 1. The monoisotopic (exact) mass is 376 g/mol. The molecule has 1 aromatic carbocycles. The molecule has 2 rings (SSSR count). The molecule has 1 saturated heterocycles. The summed E-state index contributed by atoms with van der Waals surface area (Å²) < 4.78 is 10.7. The van der Waals surface area contributed by atoms with Crippen molar-refractivity contribution in [3.8, 4) is 5.75 Å². The normalized spacial score (nSPS) is 16.9. The first kappa shape index (κ1) is 20.4. The summed E-state index contributed by atoms with van der Waals surface area (Å²) in [7, 11) is 0. The van der Waals surface area contributed by atoms with Crippen LogP contribution in [-0.2, 0) is 19.1 Å². The molecule has 1 atom stereocenters. The van der Waals surface area contributed by atoms with Crippen LogP contribution in [0.3, 0.4) is 0 Å². The van der Waals surface area contributed by atoms with Gasteiger partial charge >= 0.3 is 6.09 Å². The number of rotatable bonds is 6. The van der Waals surface area contributed by atoms with E-state index in [4.69, 9.17) is 9.47 Å². The van der Waals surface area contributed by atoms with E-state index in [-0.39, 0.29) is 6.10 Å². The number of carbonyl (C=O) groups is 4. The fraction of sp³-hybridized carbons (Fsp3) is 0.474. The number of ether oxygens (including phenoxy) is 2. The number of anilines is 1. The molecule has 0 radical (unpaired) electrons. The van der Waals surface area contributed by atoms with Crippen molar-refractivity contribution >= 4 is 29.4 Å². The molecule has 146 valence electrons. The summed E-state index contributed by atoms with van der Waals surface area (Å²) in [6, 6.07) is 3.58. The highest BCUT2D eigenvalue weighted by molar-refractivity contribution is 6.17. The molecule has 1 aromatic rings. The summed E-state index contributed by atoms with van der Waals surface area (Å²) >= 11 is 0. The minimum Gasteiger partial charge on any atom is -0.489 e. The topological polar surface area (TPSA) is 102 Å². The van der Waals surface area contributed by atoms with Crippen LogP contribution in [0.25, 0.3) is 0 Å². The zero-order chi connectivity index (χ0) is 20.5. The number of ketones is 1. The Balaban J connectivity index is 2.35. The van der Waals surface area contributed by atoms with Gasteiger partial charge in [-0.1, -0.05) is 6.07 Å². The Hall–Kier alpha value is -2.90. The van der Waals surface area contributed by atoms with E-state index in [2.05, 4.69) is 5.32 Å². The molecule has 0 aromatic heterocycles. The van der Waals surface area contributed by atoms with E-state index in [1.165, 1.54) is 13.8 Å². The van der Waals surface area contributed by atoms with Gasteiger partial charge in [0.15, 0.2) is 17.4 Å². The number of hydrogen-bond acceptors (Lipinski definition) is 6. The lowest BCUT2D eigenvalue weighted by Gasteiger charge is -2.23. The number of Topliss-reactive ketones (excluding diaryl/α,β-unsaturated/α-hetero) is 1. The van der Waals surface area contributed by atoms with E-state index < -0.39 is 35.3 Å². The minimum atomic E-state index is -1.63. The Labute approximate surface area is 157 Å². The van der Waals surface area contributed by atoms with Gasteiger partial charge in [-0.25, -0.2) is 9.69 Å². The van der Waals surface area contributed by atoms with E-state index in [1.807, 2.05) is 26.8 Å². The molecular formula is C19H24N2O6. The maximum Gasteiger partial charge on any atom is 0.418 e. The predicted molar refractivity (Wildman–Crippen MR) is 97.4 cm³/mol. The average molecular weight is 376 g/mol. The van der Waals surface area contributed by atoms with Gasteiger partial charge in [0.05, 0.1) is 11.8 Å². The van der Waals surface area contributed by atoms with Crippen LogP contribution in [0.4, 0.5) is 10.5 Å². The predicted octanol–water partition coefficient (Wildman–Crippen LogP) is 2.44. The highest BCUT2D eigenvalue weighted by Crippen LogP contribution is 2.29. The van der Waals surface area contributed by atoms with Gasteiger partial charge in [-0.05, 0) is 59.2 Å². The Morgan fingerprint density at radius 3 is 2.33 bits per heavy atom. The maximum absolute atomic E-state index is 12.8. The first-order chi connectivity index (χ1) is 12.4. The second kappa shape index (κ2) is 7.38. The van der Waals surface area contributed by atoms with Crippen molar-refractivity contribution in [3.05, 3.63) is 23.8 Å². The van der Waals surface area contributed by atoms with Gasteiger partial charge in [0, 0.05) is 0 Å². The van der Waals surface area contributed by atoms with Crippen LogP contribution >= 0.6 is 0 Å². The molecule has 1 aliphatic heterocycles. The van der Waals surface area contributed by atoms with Crippen LogP contribution in [-0.4, -0.2) is 46.3 Å². The van der Waals surface area contributed by atoms with Crippen LogP contribution in [0, 0.1) is 6.92 Å². The Bertz CT molecular complexity index is 799. The maximum atomic E-state index is 12.8. The number of amides is 3. The molecular weight excluding hydrogens is 352 g/mol. The van der Waals surface area contributed by atoms with Crippen LogP contribution < -0.4 is 10.1 Å². The van der Waals surface area contributed by atoms with E-state index in [0.717, 1.165) is 12.5 Å². The van der Waals surface area contributed by atoms with Crippen LogP contribution in [0.5, 0.6) is 5.75 Å². The third kappa shape index (κ3) is 4.27. The number of cyclic esters (lactones) is 1. The smallest absolute Gasteiger partial charge is 0.418 e. The van der Waals surface area contributed by atoms with Gasteiger partial charge in [-0.3, -0.25) is 14.4 Å². The number of imide groups is 1. The molecule has 8 heteroatoms. The first-order valence-electron chi connectivity index (χ1n) is 8.59.